The highest BCUT2D eigenvalue weighted by atomic mass is 16.5. The molecule has 0 spiro atoms. The Labute approximate surface area is 194 Å². The molecule has 1 aromatic rings. The van der Waals surface area contributed by atoms with Crippen molar-refractivity contribution in [2.45, 2.75) is 69.9 Å². The monoisotopic (exact) mass is 445 g/mol. The molecule has 1 heterocycles. The number of methoxy groups -OCH3 is 1. The lowest BCUT2D eigenvalue weighted by Gasteiger charge is -2.38. The smallest absolute Gasteiger partial charge is 0.317 e. The van der Waals surface area contributed by atoms with Crippen LogP contribution in [-0.2, 0) is 9.47 Å². The minimum Gasteiger partial charge on any atom is -0.385 e. The molecular weight excluding hydrogens is 402 g/mol. The molecule has 180 valence electrons. The minimum atomic E-state index is -0.00352. The molecule has 1 aliphatic heterocycles. The molecule has 1 saturated carbocycles. The number of carbonyl (C=O) groups is 1. The van der Waals surface area contributed by atoms with Gasteiger partial charge in [-0.15, -0.1) is 0 Å². The quantitative estimate of drug-likeness (QED) is 0.492. The summed E-state index contributed by atoms with van der Waals surface area (Å²) in [6.45, 7) is 3.38. The lowest BCUT2D eigenvalue weighted by Crippen LogP contribution is -2.51. The van der Waals surface area contributed by atoms with Crippen molar-refractivity contribution in [2.24, 2.45) is 17.6 Å². The van der Waals surface area contributed by atoms with E-state index in [2.05, 4.69) is 29.6 Å². The third kappa shape index (κ3) is 7.75. The molecule has 0 radical (unpaired) electrons. The van der Waals surface area contributed by atoms with Crippen LogP contribution in [0.5, 0.6) is 0 Å². The van der Waals surface area contributed by atoms with Crippen molar-refractivity contribution in [3.63, 3.8) is 0 Å². The Bertz CT molecular complexity index is 651. The molecule has 3 rings (SSSR count). The van der Waals surface area contributed by atoms with E-state index in [1.807, 2.05) is 11.0 Å². The highest BCUT2D eigenvalue weighted by Crippen LogP contribution is 2.33. The summed E-state index contributed by atoms with van der Waals surface area (Å²) in [5.41, 5.74) is 7.22. The van der Waals surface area contributed by atoms with Crippen LogP contribution >= 0.6 is 0 Å². The van der Waals surface area contributed by atoms with E-state index in [9.17, 15) is 4.79 Å². The van der Waals surface area contributed by atoms with E-state index < -0.39 is 0 Å². The van der Waals surface area contributed by atoms with Gasteiger partial charge in [-0.2, -0.15) is 0 Å². The van der Waals surface area contributed by atoms with Gasteiger partial charge in [0, 0.05) is 51.9 Å². The lowest BCUT2D eigenvalue weighted by atomic mass is 9.85. The maximum Gasteiger partial charge on any atom is 0.317 e. The third-order valence-electron chi connectivity index (χ3n) is 7.05. The van der Waals surface area contributed by atoms with Crippen LogP contribution in [-0.4, -0.2) is 56.9 Å². The number of rotatable bonds is 11. The first-order valence-corrected chi connectivity index (χ1v) is 12.6. The Morgan fingerprint density at radius 1 is 1.12 bits per heavy atom. The van der Waals surface area contributed by atoms with Gasteiger partial charge in [-0.05, 0) is 37.2 Å². The number of amides is 2. The molecule has 3 N–H and O–H groups in total. The summed E-state index contributed by atoms with van der Waals surface area (Å²) < 4.78 is 11.5. The van der Waals surface area contributed by atoms with Crippen molar-refractivity contribution >= 4 is 6.03 Å². The normalized spacial score (nSPS) is 21.8. The number of piperidine rings is 1. The molecule has 2 amide bonds. The molecule has 1 unspecified atom stereocenters. The standard InChI is InChI=1S/C26H43N3O3/c1-31-16-9-17-32-25(22-12-6-3-7-13-22)23-14-8-15-29(20-23)26(30)28-24(19-27)18-21-10-4-2-5-11-21/h3,6-7,12-13,21,23-25H,2,4-5,8-11,14-20,27H2,1H3,(H,28,30)/t23?,24-,25-/m0/s1. The first kappa shape index (κ1) is 25.0. The first-order chi connectivity index (χ1) is 15.7. The van der Waals surface area contributed by atoms with Crippen LogP contribution < -0.4 is 11.1 Å². The summed E-state index contributed by atoms with van der Waals surface area (Å²) in [5.74, 6) is 0.990. The van der Waals surface area contributed by atoms with Crippen molar-refractivity contribution in [3.05, 3.63) is 35.9 Å². The van der Waals surface area contributed by atoms with E-state index in [1.54, 1.807) is 7.11 Å². The van der Waals surface area contributed by atoms with Crippen LogP contribution in [0.2, 0.25) is 0 Å². The van der Waals surface area contributed by atoms with Crippen LogP contribution in [0.3, 0.4) is 0 Å². The van der Waals surface area contributed by atoms with E-state index in [-0.39, 0.29) is 24.1 Å². The number of hydrogen-bond acceptors (Lipinski definition) is 4. The molecule has 0 aromatic heterocycles. The maximum atomic E-state index is 13.1. The fraction of sp³-hybridized carbons (Fsp3) is 0.731. The molecule has 6 heteroatoms. The van der Waals surface area contributed by atoms with Crippen molar-refractivity contribution in [1.29, 1.82) is 0 Å². The summed E-state index contributed by atoms with van der Waals surface area (Å²) in [6, 6.07) is 10.5. The second-order valence-corrected chi connectivity index (χ2v) is 9.52. The molecule has 32 heavy (non-hydrogen) atoms. The van der Waals surface area contributed by atoms with Crippen LogP contribution in [0, 0.1) is 11.8 Å². The van der Waals surface area contributed by atoms with Crippen LogP contribution in [0.4, 0.5) is 4.79 Å². The van der Waals surface area contributed by atoms with E-state index in [0.29, 0.717) is 25.7 Å². The second-order valence-electron chi connectivity index (χ2n) is 9.52. The zero-order valence-corrected chi connectivity index (χ0v) is 19.8. The number of carbonyl (C=O) groups excluding carboxylic acids is 1. The van der Waals surface area contributed by atoms with Gasteiger partial charge in [-0.25, -0.2) is 4.79 Å². The van der Waals surface area contributed by atoms with Crippen molar-refractivity contribution < 1.29 is 14.3 Å². The predicted molar refractivity (Wildman–Crippen MR) is 128 cm³/mol. The van der Waals surface area contributed by atoms with Gasteiger partial charge < -0.3 is 25.4 Å². The molecule has 1 saturated heterocycles. The lowest BCUT2D eigenvalue weighted by molar-refractivity contribution is -0.0167. The average molecular weight is 446 g/mol. The van der Waals surface area contributed by atoms with Gasteiger partial charge >= 0.3 is 6.03 Å². The fourth-order valence-electron chi connectivity index (χ4n) is 5.31. The number of likely N-dealkylation sites (tertiary alicyclic amines) is 1. The summed E-state index contributed by atoms with van der Waals surface area (Å²) in [4.78, 5) is 15.1. The summed E-state index contributed by atoms with van der Waals surface area (Å²) in [7, 11) is 1.72. The number of benzene rings is 1. The average Bonchev–Trinajstić information content (AvgIpc) is 2.85. The zero-order chi connectivity index (χ0) is 22.6. The largest absolute Gasteiger partial charge is 0.385 e. The van der Waals surface area contributed by atoms with Gasteiger partial charge in [0.25, 0.3) is 0 Å². The molecular formula is C26H43N3O3. The van der Waals surface area contributed by atoms with Gasteiger partial charge in [0.15, 0.2) is 0 Å². The highest BCUT2D eigenvalue weighted by Gasteiger charge is 2.32. The summed E-state index contributed by atoms with van der Waals surface area (Å²) in [6.07, 6.45) is 10.5. The fourth-order valence-corrected chi connectivity index (χ4v) is 5.31. The third-order valence-corrected chi connectivity index (χ3v) is 7.05. The number of nitrogens with two attached hydrogens (primary N) is 1. The first-order valence-electron chi connectivity index (χ1n) is 12.6. The van der Waals surface area contributed by atoms with Gasteiger partial charge in [0.05, 0.1) is 6.10 Å². The Morgan fingerprint density at radius 3 is 2.62 bits per heavy atom. The minimum absolute atomic E-state index is 0.00352. The molecule has 1 aromatic carbocycles. The number of urea groups is 1. The number of nitrogens with one attached hydrogen (secondary N) is 1. The van der Waals surface area contributed by atoms with Gasteiger partial charge in [0.1, 0.15) is 0 Å². The van der Waals surface area contributed by atoms with Gasteiger partial charge in [-0.3, -0.25) is 0 Å². The molecule has 6 nitrogen and oxygen atoms in total. The Balaban J connectivity index is 1.57. The maximum absolute atomic E-state index is 13.1. The van der Waals surface area contributed by atoms with Crippen molar-refractivity contribution in [3.8, 4) is 0 Å². The Kier molecular flexibility index (Phi) is 10.8. The summed E-state index contributed by atoms with van der Waals surface area (Å²) in [5, 5.41) is 3.25. The van der Waals surface area contributed by atoms with E-state index in [1.165, 1.54) is 37.7 Å². The summed E-state index contributed by atoms with van der Waals surface area (Å²) >= 11 is 0. The highest BCUT2D eigenvalue weighted by molar-refractivity contribution is 5.74. The second kappa shape index (κ2) is 13.8. The molecule has 3 atom stereocenters. The van der Waals surface area contributed by atoms with Crippen molar-refractivity contribution in [2.75, 3.05) is 40.0 Å². The molecule has 1 aliphatic carbocycles. The molecule has 2 fully saturated rings. The Morgan fingerprint density at radius 2 is 1.91 bits per heavy atom. The predicted octanol–water partition coefficient (Wildman–Crippen LogP) is 4.50. The topological polar surface area (TPSA) is 76.8 Å². The number of nitrogens with zero attached hydrogens (tertiary/aromatic N) is 1. The number of hydrogen-bond donors (Lipinski definition) is 2. The van der Waals surface area contributed by atoms with Crippen LogP contribution in [0.1, 0.15) is 69.5 Å². The molecule has 2 aliphatic rings. The van der Waals surface area contributed by atoms with Gasteiger partial charge in [-0.1, -0.05) is 62.4 Å². The van der Waals surface area contributed by atoms with Crippen LogP contribution in [0.15, 0.2) is 30.3 Å². The Hall–Kier alpha value is -1.63. The van der Waals surface area contributed by atoms with E-state index >= 15 is 0 Å². The van der Waals surface area contributed by atoms with E-state index in [4.69, 9.17) is 15.2 Å². The van der Waals surface area contributed by atoms with Gasteiger partial charge in [0.2, 0.25) is 0 Å². The molecule has 0 bridgehead atoms. The van der Waals surface area contributed by atoms with Crippen LogP contribution in [0.25, 0.3) is 0 Å². The number of ether oxygens (including phenoxy) is 2. The zero-order valence-electron chi connectivity index (χ0n) is 19.8. The SMILES string of the molecule is COCCCO[C@@H](c1ccccc1)C1CCCN(C(=O)N[C@H](CN)CC2CCCCC2)C1. The van der Waals surface area contributed by atoms with E-state index in [0.717, 1.165) is 38.8 Å². The van der Waals surface area contributed by atoms with Crippen molar-refractivity contribution in [1.82, 2.24) is 10.2 Å².